The highest BCUT2D eigenvalue weighted by molar-refractivity contribution is 6.32. The molecule has 0 spiro atoms. The van der Waals surface area contributed by atoms with Gasteiger partial charge in [0.2, 0.25) is 0 Å². The van der Waals surface area contributed by atoms with Crippen LogP contribution in [-0.4, -0.2) is 31.1 Å². The molecule has 1 aliphatic carbocycles. The highest BCUT2D eigenvalue weighted by Crippen LogP contribution is 2.43. The van der Waals surface area contributed by atoms with Gasteiger partial charge in [0.1, 0.15) is 5.82 Å². The van der Waals surface area contributed by atoms with Crippen molar-refractivity contribution < 1.29 is 4.39 Å². The Balaban J connectivity index is 1.99. The molecule has 1 saturated heterocycles. The van der Waals surface area contributed by atoms with Crippen molar-refractivity contribution in [3.63, 3.8) is 0 Å². The number of halogens is 2. The molecule has 1 heterocycles. The number of hydrogen-bond acceptors (Lipinski definition) is 2. The summed E-state index contributed by atoms with van der Waals surface area (Å²) in [5, 5.41) is 4.01. The van der Waals surface area contributed by atoms with Crippen LogP contribution in [0, 0.1) is 18.7 Å². The maximum atomic E-state index is 14.6. The molecule has 3 rings (SSSR count). The molecule has 0 amide bonds. The van der Waals surface area contributed by atoms with E-state index >= 15 is 0 Å². The minimum absolute atomic E-state index is 0.138. The molecule has 2 fully saturated rings. The Labute approximate surface area is 131 Å². The molecule has 1 aromatic carbocycles. The number of rotatable bonds is 3. The molecule has 1 aromatic rings. The fourth-order valence-corrected chi connectivity index (χ4v) is 4.16. The molecule has 2 aliphatic rings. The monoisotopic (exact) mass is 310 g/mol. The van der Waals surface area contributed by atoms with Crippen LogP contribution in [-0.2, 0) is 0 Å². The van der Waals surface area contributed by atoms with Crippen LogP contribution in [0.1, 0.15) is 42.9 Å². The van der Waals surface area contributed by atoms with E-state index in [2.05, 4.69) is 10.2 Å². The van der Waals surface area contributed by atoms with Gasteiger partial charge >= 0.3 is 0 Å². The van der Waals surface area contributed by atoms with Crippen LogP contribution in [0.4, 0.5) is 4.39 Å². The Bertz CT molecular complexity index is 494. The summed E-state index contributed by atoms with van der Waals surface area (Å²) in [6.07, 6.45) is 4.91. The average molecular weight is 311 g/mol. The molecule has 0 unspecified atom stereocenters. The second-order valence-electron chi connectivity index (χ2n) is 6.37. The van der Waals surface area contributed by atoms with Crippen molar-refractivity contribution in [3.05, 3.63) is 34.1 Å². The summed E-state index contributed by atoms with van der Waals surface area (Å²) in [6.45, 7) is 5.88. The highest BCUT2D eigenvalue weighted by atomic mass is 35.5. The number of aryl methyl sites for hydroxylation is 1. The molecule has 1 aliphatic heterocycles. The Morgan fingerprint density at radius 2 is 1.90 bits per heavy atom. The van der Waals surface area contributed by atoms with Crippen LogP contribution in [0.2, 0.25) is 5.02 Å². The molecule has 0 radical (unpaired) electrons. The zero-order chi connectivity index (χ0) is 14.8. The molecular weight excluding hydrogens is 287 g/mol. The number of benzene rings is 1. The van der Waals surface area contributed by atoms with E-state index in [1.165, 1.54) is 25.7 Å². The maximum Gasteiger partial charge on any atom is 0.129 e. The normalized spacial score (nSPS) is 22.6. The van der Waals surface area contributed by atoms with Gasteiger partial charge in [0.25, 0.3) is 0 Å². The quantitative estimate of drug-likeness (QED) is 0.910. The number of nitrogens with one attached hydrogen (secondary N) is 1. The summed E-state index contributed by atoms with van der Waals surface area (Å²) in [7, 11) is 0. The molecular formula is C17H24ClFN2. The zero-order valence-electron chi connectivity index (χ0n) is 12.7. The molecule has 1 saturated carbocycles. The van der Waals surface area contributed by atoms with Gasteiger partial charge in [-0.15, -0.1) is 0 Å². The molecule has 0 bridgehead atoms. The lowest BCUT2D eigenvalue weighted by Gasteiger charge is -2.39. The SMILES string of the molecule is Cc1ccc(F)c([C@H](C2CCCC2)N2CCNCC2)c1Cl. The first kappa shape index (κ1) is 15.3. The summed E-state index contributed by atoms with van der Waals surface area (Å²) in [4.78, 5) is 2.44. The third-order valence-corrected chi connectivity index (χ3v) is 5.51. The van der Waals surface area contributed by atoms with Crippen molar-refractivity contribution in [2.75, 3.05) is 26.2 Å². The molecule has 2 nitrogen and oxygen atoms in total. The predicted octanol–water partition coefficient (Wildman–Crippen LogP) is 3.92. The number of hydrogen-bond donors (Lipinski definition) is 1. The van der Waals surface area contributed by atoms with Gasteiger partial charge in [-0.1, -0.05) is 30.5 Å². The lowest BCUT2D eigenvalue weighted by atomic mass is 9.88. The first-order valence-electron chi connectivity index (χ1n) is 8.07. The van der Waals surface area contributed by atoms with Gasteiger partial charge < -0.3 is 5.32 Å². The zero-order valence-corrected chi connectivity index (χ0v) is 13.4. The van der Waals surface area contributed by atoms with Crippen LogP contribution in [0.3, 0.4) is 0 Å². The maximum absolute atomic E-state index is 14.6. The van der Waals surface area contributed by atoms with Crippen molar-refractivity contribution >= 4 is 11.6 Å². The minimum atomic E-state index is -0.138. The fourth-order valence-electron chi connectivity index (χ4n) is 3.90. The second kappa shape index (κ2) is 6.64. The fraction of sp³-hybridized carbons (Fsp3) is 0.647. The van der Waals surface area contributed by atoms with Crippen molar-refractivity contribution in [2.24, 2.45) is 5.92 Å². The smallest absolute Gasteiger partial charge is 0.129 e. The van der Waals surface area contributed by atoms with E-state index in [9.17, 15) is 4.39 Å². The summed E-state index contributed by atoms with van der Waals surface area (Å²) < 4.78 is 14.6. The van der Waals surface area contributed by atoms with E-state index in [-0.39, 0.29) is 11.9 Å². The third kappa shape index (κ3) is 3.10. The van der Waals surface area contributed by atoms with Gasteiger partial charge in [-0.3, -0.25) is 4.90 Å². The standard InChI is InChI=1S/C17H24ClFN2/c1-12-6-7-14(19)15(16(12)18)17(13-4-2-3-5-13)21-10-8-20-9-11-21/h6-7,13,17,20H,2-5,8-11H2,1H3/t17-/m0/s1. The van der Waals surface area contributed by atoms with Crippen LogP contribution in [0.15, 0.2) is 12.1 Å². The topological polar surface area (TPSA) is 15.3 Å². The van der Waals surface area contributed by atoms with E-state index in [4.69, 9.17) is 11.6 Å². The Morgan fingerprint density at radius 1 is 1.24 bits per heavy atom. The Morgan fingerprint density at radius 3 is 2.57 bits per heavy atom. The second-order valence-corrected chi connectivity index (χ2v) is 6.75. The lowest BCUT2D eigenvalue weighted by molar-refractivity contribution is 0.122. The van der Waals surface area contributed by atoms with Crippen LogP contribution >= 0.6 is 11.6 Å². The molecule has 116 valence electrons. The van der Waals surface area contributed by atoms with E-state index in [0.29, 0.717) is 10.9 Å². The molecule has 1 N–H and O–H groups in total. The molecule has 1 atom stereocenters. The number of nitrogens with zero attached hydrogens (tertiary/aromatic N) is 1. The lowest BCUT2D eigenvalue weighted by Crippen LogP contribution is -2.47. The summed E-state index contributed by atoms with van der Waals surface area (Å²) >= 11 is 6.51. The highest BCUT2D eigenvalue weighted by Gasteiger charge is 2.35. The van der Waals surface area contributed by atoms with Crippen molar-refractivity contribution in [1.29, 1.82) is 0 Å². The largest absolute Gasteiger partial charge is 0.314 e. The summed E-state index contributed by atoms with van der Waals surface area (Å²) in [5.41, 5.74) is 1.72. The number of piperazine rings is 1. The summed E-state index contributed by atoms with van der Waals surface area (Å²) in [6, 6.07) is 3.51. The van der Waals surface area contributed by atoms with E-state index in [1.807, 2.05) is 6.92 Å². The average Bonchev–Trinajstić information content (AvgIpc) is 3.02. The predicted molar refractivity (Wildman–Crippen MR) is 85.3 cm³/mol. The van der Waals surface area contributed by atoms with E-state index in [1.54, 1.807) is 12.1 Å². The molecule has 0 aromatic heterocycles. The Hall–Kier alpha value is -0.640. The van der Waals surface area contributed by atoms with Crippen LogP contribution < -0.4 is 5.32 Å². The molecule has 4 heteroatoms. The van der Waals surface area contributed by atoms with Crippen molar-refractivity contribution in [2.45, 2.75) is 38.6 Å². The van der Waals surface area contributed by atoms with Crippen molar-refractivity contribution in [1.82, 2.24) is 10.2 Å². The van der Waals surface area contributed by atoms with Gasteiger partial charge in [0, 0.05) is 37.8 Å². The van der Waals surface area contributed by atoms with E-state index < -0.39 is 0 Å². The van der Waals surface area contributed by atoms with Crippen LogP contribution in [0.5, 0.6) is 0 Å². The van der Waals surface area contributed by atoms with Gasteiger partial charge in [0.15, 0.2) is 0 Å². The Kier molecular flexibility index (Phi) is 4.82. The summed E-state index contributed by atoms with van der Waals surface area (Å²) in [5.74, 6) is 0.401. The molecule has 21 heavy (non-hydrogen) atoms. The van der Waals surface area contributed by atoms with Gasteiger partial charge in [-0.2, -0.15) is 0 Å². The van der Waals surface area contributed by atoms with Gasteiger partial charge in [-0.05, 0) is 37.3 Å². The minimum Gasteiger partial charge on any atom is -0.314 e. The van der Waals surface area contributed by atoms with Crippen LogP contribution in [0.25, 0.3) is 0 Å². The van der Waals surface area contributed by atoms with Gasteiger partial charge in [0.05, 0.1) is 5.02 Å². The first-order chi connectivity index (χ1) is 10.2. The van der Waals surface area contributed by atoms with Crippen molar-refractivity contribution in [3.8, 4) is 0 Å². The third-order valence-electron chi connectivity index (χ3n) is 5.01. The first-order valence-corrected chi connectivity index (χ1v) is 8.45. The van der Waals surface area contributed by atoms with Gasteiger partial charge in [-0.25, -0.2) is 4.39 Å². The van der Waals surface area contributed by atoms with E-state index in [0.717, 1.165) is 37.3 Å².